The Kier molecular flexibility index (Phi) is 4.38. The number of hydrogen-bond acceptors (Lipinski definition) is 3. The summed E-state index contributed by atoms with van der Waals surface area (Å²) in [6.45, 7) is 7.57. The van der Waals surface area contributed by atoms with Crippen molar-refractivity contribution in [1.82, 2.24) is 4.90 Å². The van der Waals surface area contributed by atoms with Gasteiger partial charge in [-0.3, -0.25) is 4.90 Å². The monoisotopic (exact) mass is 255 g/mol. The van der Waals surface area contributed by atoms with Crippen LogP contribution in [0.25, 0.3) is 0 Å². The number of carbonyl (C=O) groups excluding carboxylic acids is 1. The Bertz CT molecular complexity index is 356. The van der Waals surface area contributed by atoms with Crippen molar-refractivity contribution < 1.29 is 19.4 Å². The molecule has 0 radical (unpaired) electrons. The number of hydrogen-bond donors (Lipinski definition) is 1. The quantitative estimate of drug-likeness (QED) is 0.769. The molecular weight excluding hydrogens is 234 g/mol. The van der Waals surface area contributed by atoms with Gasteiger partial charge in [-0.2, -0.15) is 0 Å². The van der Waals surface area contributed by atoms with Gasteiger partial charge in [0.2, 0.25) is 0 Å². The SMILES string of the molecule is C/C=C\[C@H]1C[C@@H](C(=O)O)N(C(=O)OC(C)(C)C)C1. The molecule has 1 amide bonds. The van der Waals surface area contributed by atoms with Gasteiger partial charge in [-0.05, 0) is 40.0 Å². The summed E-state index contributed by atoms with van der Waals surface area (Å²) in [4.78, 5) is 24.4. The smallest absolute Gasteiger partial charge is 0.411 e. The molecule has 2 atom stereocenters. The topological polar surface area (TPSA) is 66.8 Å². The van der Waals surface area contributed by atoms with Gasteiger partial charge in [-0.15, -0.1) is 0 Å². The second kappa shape index (κ2) is 5.42. The van der Waals surface area contributed by atoms with Crippen molar-refractivity contribution in [2.75, 3.05) is 6.54 Å². The van der Waals surface area contributed by atoms with Crippen LogP contribution in [-0.2, 0) is 9.53 Å². The van der Waals surface area contributed by atoms with Crippen molar-refractivity contribution in [3.8, 4) is 0 Å². The first-order chi connectivity index (χ1) is 8.24. The molecule has 0 aromatic rings. The van der Waals surface area contributed by atoms with Crippen LogP contribution in [0.2, 0.25) is 0 Å². The van der Waals surface area contributed by atoms with Crippen molar-refractivity contribution in [2.45, 2.75) is 45.8 Å². The average Bonchev–Trinajstić information content (AvgIpc) is 2.59. The molecule has 1 heterocycles. The maximum absolute atomic E-state index is 11.9. The van der Waals surface area contributed by atoms with Crippen LogP contribution >= 0.6 is 0 Å². The number of nitrogens with zero attached hydrogens (tertiary/aromatic N) is 1. The fourth-order valence-electron chi connectivity index (χ4n) is 2.04. The Morgan fingerprint density at radius 3 is 2.44 bits per heavy atom. The van der Waals surface area contributed by atoms with E-state index in [0.717, 1.165) is 0 Å². The van der Waals surface area contributed by atoms with Crippen molar-refractivity contribution >= 4 is 12.1 Å². The number of ether oxygens (including phenoxy) is 1. The third-order valence-electron chi connectivity index (χ3n) is 2.71. The van der Waals surface area contributed by atoms with E-state index in [9.17, 15) is 9.59 Å². The number of carboxylic acid groups (broad SMARTS) is 1. The van der Waals surface area contributed by atoms with Crippen molar-refractivity contribution in [1.29, 1.82) is 0 Å². The third kappa shape index (κ3) is 3.75. The van der Waals surface area contributed by atoms with Gasteiger partial charge in [0.05, 0.1) is 0 Å². The molecule has 1 rings (SSSR count). The van der Waals surface area contributed by atoms with E-state index < -0.39 is 23.7 Å². The van der Waals surface area contributed by atoms with E-state index in [1.54, 1.807) is 20.8 Å². The maximum Gasteiger partial charge on any atom is 0.411 e. The van der Waals surface area contributed by atoms with Gasteiger partial charge in [0.1, 0.15) is 11.6 Å². The molecule has 18 heavy (non-hydrogen) atoms. The zero-order valence-electron chi connectivity index (χ0n) is 11.3. The highest BCUT2D eigenvalue weighted by Gasteiger charge is 2.40. The van der Waals surface area contributed by atoms with Crippen molar-refractivity contribution in [3.63, 3.8) is 0 Å². The molecule has 1 aliphatic heterocycles. The van der Waals surface area contributed by atoms with E-state index in [1.807, 2.05) is 19.1 Å². The first-order valence-electron chi connectivity index (χ1n) is 6.10. The number of aliphatic carboxylic acids is 1. The predicted octanol–water partition coefficient (Wildman–Crippen LogP) is 2.27. The number of carboxylic acids is 1. The van der Waals surface area contributed by atoms with Crippen LogP contribution in [0.4, 0.5) is 4.79 Å². The van der Waals surface area contributed by atoms with Crippen LogP contribution < -0.4 is 0 Å². The van der Waals surface area contributed by atoms with Gasteiger partial charge in [-0.1, -0.05) is 12.2 Å². The number of rotatable bonds is 2. The minimum Gasteiger partial charge on any atom is -0.480 e. The normalized spacial score (nSPS) is 24.6. The van der Waals surface area contributed by atoms with Crippen LogP contribution in [0.5, 0.6) is 0 Å². The molecule has 5 heteroatoms. The summed E-state index contributed by atoms with van der Waals surface area (Å²) in [5.41, 5.74) is -0.612. The zero-order valence-corrected chi connectivity index (χ0v) is 11.3. The summed E-state index contributed by atoms with van der Waals surface area (Å²) < 4.78 is 5.23. The lowest BCUT2D eigenvalue weighted by molar-refractivity contribution is -0.142. The summed E-state index contributed by atoms with van der Waals surface area (Å²) in [6, 6.07) is -0.791. The summed E-state index contributed by atoms with van der Waals surface area (Å²) in [6.07, 6.45) is 3.70. The molecule has 0 bridgehead atoms. The Balaban J connectivity index is 2.78. The van der Waals surface area contributed by atoms with E-state index in [1.165, 1.54) is 4.90 Å². The van der Waals surface area contributed by atoms with Gasteiger partial charge in [0.15, 0.2) is 0 Å². The Morgan fingerprint density at radius 1 is 1.39 bits per heavy atom. The first kappa shape index (κ1) is 14.5. The number of carbonyl (C=O) groups is 2. The van der Waals surface area contributed by atoms with Gasteiger partial charge >= 0.3 is 12.1 Å². The maximum atomic E-state index is 11.9. The first-order valence-corrected chi connectivity index (χ1v) is 6.10. The minimum absolute atomic E-state index is 0.0867. The van der Waals surface area contributed by atoms with E-state index in [0.29, 0.717) is 13.0 Å². The number of likely N-dealkylation sites (tertiary alicyclic amines) is 1. The van der Waals surface area contributed by atoms with Gasteiger partial charge in [0.25, 0.3) is 0 Å². The van der Waals surface area contributed by atoms with E-state index in [4.69, 9.17) is 9.84 Å². The molecule has 1 aliphatic rings. The summed E-state index contributed by atoms with van der Waals surface area (Å²) in [5.74, 6) is -0.892. The fourth-order valence-corrected chi connectivity index (χ4v) is 2.04. The minimum atomic E-state index is -0.979. The number of allylic oxidation sites excluding steroid dienone is 1. The molecule has 102 valence electrons. The lowest BCUT2D eigenvalue weighted by Gasteiger charge is -2.26. The molecule has 1 N–H and O–H groups in total. The van der Waals surface area contributed by atoms with Crippen LogP contribution in [0.3, 0.4) is 0 Å². The second-order valence-electron chi connectivity index (χ2n) is 5.51. The molecule has 0 spiro atoms. The number of amides is 1. The summed E-state index contributed by atoms with van der Waals surface area (Å²) >= 11 is 0. The molecule has 0 saturated carbocycles. The predicted molar refractivity (Wildman–Crippen MR) is 67.3 cm³/mol. The van der Waals surface area contributed by atoms with Gasteiger partial charge < -0.3 is 9.84 Å². The van der Waals surface area contributed by atoms with Crippen LogP contribution in [-0.4, -0.2) is 40.3 Å². The molecule has 1 fully saturated rings. The van der Waals surface area contributed by atoms with Crippen LogP contribution in [0.15, 0.2) is 12.2 Å². The molecule has 5 nitrogen and oxygen atoms in total. The Hall–Kier alpha value is -1.52. The highest BCUT2D eigenvalue weighted by atomic mass is 16.6. The highest BCUT2D eigenvalue weighted by molar-refractivity contribution is 5.81. The molecule has 0 unspecified atom stereocenters. The lowest BCUT2D eigenvalue weighted by atomic mass is 10.1. The average molecular weight is 255 g/mol. The van der Waals surface area contributed by atoms with Crippen LogP contribution in [0, 0.1) is 5.92 Å². The molecular formula is C13H21NO4. The Labute approximate surface area is 107 Å². The van der Waals surface area contributed by atoms with E-state index in [2.05, 4.69) is 0 Å². The largest absolute Gasteiger partial charge is 0.480 e. The fraction of sp³-hybridized carbons (Fsp3) is 0.692. The van der Waals surface area contributed by atoms with Crippen LogP contribution in [0.1, 0.15) is 34.1 Å². The van der Waals surface area contributed by atoms with E-state index >= 15 is 0 Å². The summed E-state index contributed by atoms with van der Waals surface area (Å²) in [7, 11) is 0. The lowest BCUT2D eigenvalue weighted by Crippen LogP contribution is -2.43. The third-order valence-corrected chi connectivity index (χ3v) is 2.71. The Morgan fingerprint density at radius 2 is 2.00 bits per heavy atom. The second-order valence-corrected chi connectivity index (χ2v) is 5.51. The molecule has 0 aliphatic carbocycles. The molecule has 0 aromatic heterocycles. The standard InChI is InChI=1S/C13H21NO4/c1-5-6-9-7-10(11(15)16)14(8-9)12(17)18-13(2,3)4/h5-6,9-10H,7-8H2,1-4H3,(H,15,16)/b6-5-/t9-,10-/m0/s1. The van der Waals surface area contributed by atoms with Crippen molar-refractivity contribution in [2.24, 2.45) is 5.92 Å². The van der Waals surface area contributed by atoms with Crippen molar-refractivity contribution in [3.05, 3.63) is 12.2 Å². The summed E-state index contributed by atoms with van der Waals surface area (Å²) in [5, 5.41) is 9.14. The van der Waals surface area contributed by atoms with Gasteiger partial charge in [0, 0.05) is 6.54 Å². The molecule has 1 saturated heterocycles. The van der Waals surface area contributed by atoms with E-state index in [-0.39, 0.29) is 5.92 Å². The van der Waals surface area contributed by atoms with Gasteiger partial charge in [-0.25, -0.2) is 9.59 Å². The zero-order chi connectivity index (χ0) is 13.9. The molecule has 0 aromatic carbocycles. The highest BCUT2D eigenvalue weighted by Crippen LogP contribution is 2.26.